The summed E-state index contributed by atoms with van der Waals surface area (Å²) < 4.78 is 14.0. The number of benzene rings is 2. The highest BCUT2D eigenvalue weighted by Gasteiger charge is 2.23. The summed E-state index contributed by atoms with van der Waals surface area (Å²) in [5.41, 5.74) is 9.95. The van der Waals surface area contributed by atoms with Gasteiger partial charge in [-0.2, -0.15) is 0 Å². The Balaban J connectivity index is 1.76. The number of halogens is 2. The van der Waals surface area contributed by atoms with E-state index < -0.39 is 0 Å². The Morgan fingerprint density at radius 1 is 1.07 bits per heavy atom. The van der Waals surface area contributed by atoms with Crippen molar-refractivity contribution in [3.05, 3.63) is 71.2 Å². The predicted molar refractivity (Wildman–Crippen MR) is 114 cm³/mol. The maximum Gasteiger partial charge on any atom is 0.183 e. The van der Waals surface area contributed by atoms with E-state index in [1.807, 2.05) is 13.0 Å². The number of aromatic nitrogens is 6. The molecule has 0 spiro atoms. The van der Waals surface area contributed by atoms with Gasteiger partial charge in [0.05, 0.1) is 34.2 Å². The number of nitrogens with two attached hydrogens (primary N) is 1. The number of hydrogen-bond donors (Lipinski definition) is 2. The zero-order valence-electron chi connectivity index (χ0n) is 15.8. The third kappa shape index (κ3) is 3.02. The summed E-state index contributed by atoms with van der Waals surface area (Å²) in [7, 11) is 0. The number of nitrogen functional groups attached to an aromatic ring is 1. The first kappa shape index (κ1) is 18.4. The molecule has 0 aliphatic carbocycles. The van der Waals surface area contributed by atoms with Gasteiger partial charge in [0, 0.05) is 5.56 Å². The van der Waals surface area contributed by atoms with Crippen molar-refractivity contribution in [3.8, 4) is 11.3 Å². The summed E-state index contributed by atoms with van der Waals surface area (Å²) in [4.78, 5) is 25.6. The minimum Gasteiger partial charge on any atom is -0.382 e. The Bertz CT molecular complexity index is 1420. The average molecular weight is 420 g/mol. The molecular weight excluding hydrogens is 405 g/mol. The van der Waals surface area contributed by atoms with Crippen molar-refractivity contribution >= 4 is 39.6 Å². The number of fused-ring (bicyclic) bond motifs is 2. The number of aromatic amines is 1. The van der Waals surface area contributed by atoms with Crippen LogP contribution in [-0.2, 0) is 0 Å². The second kappa shape index (κ2) is 7.00. The van der Waals surface area contributed by atoms with E-state index in [2.05, 4.69) is 19.9 Å². The van der Waals surface area contributed by atoms with Gasteiger partial charge in [-0.25, -0.2) is 29.3 Å². The summed E-state index contributed by atoms with van der Waals surface area (Å²) >= 11 is 6.34. The largest absolute Gasteiger partial charge is 0.382 e. The van der Waals surface area contributed by atoms with E-state index in [-0.39, 0.29) is 11.7 Å². The molecule has 0 bridgehead atoms. The highest BCUT2D eigenvalue weighted by molar-refractivity contribution is 6.34. The third-order valence-electron chi connectivity index (χ3n) is 4.90. The minimum absolute atomic E-state index is 0.295. The SMILES string of the molecule is C[C@@H](c1nc(N)c2[nH]cnc2n1)c1nc2cccc(Cl)c2nc1-c1cccc(F)c1. The molecule has 0 amide bonds. The van der Waals surface area contributed by atoms with Crippen LogP contribution in [-0.4, -0.2) is 29.9 Å². The highest BCUT2D eigenvalue weighted by atomic mass is 35.5. The van der Waals surface area contributed by atoms with Gasteiger partial charge in [-0.15, -0.1) is 0 Å². The summed E-state index contributed by atoms with van der Waals surface area (Å²) in [6, 6.07) is 11.6. The molecule has 9 heteroatoms. The summed E-state index contributed by atoms with van der Waals surface area (Å²) in [5.74, 6) is -0.0166. The first-order valence-electron chi connectivity index (χ1n) is 9.20. The zero-order valence-corrected chi connectivity index (χ0v) is 16.5. The molecule has 0 unspecified atom stereocenters. The van der Waals surface area contributed by atoms with Crippen LogP contribution in [0.4, 0.5) is 10.2 Å². The number of nitrogens with zero attached hydrogens (tertiary/aromatic N) is 5. The maximum absolute atomic E-state index is 14.0. The van der Waals surface area contributed by atoms with Crippen molar-refractivity contribution in [2.75, 3.05) is 5.73 Å². The highest BCUT2D eigenvalue weighted by Crippen LogP contribution is 2.33. The molecule has 3 heterocycles. The summed E-state index contributed by atoms with van der Waals surface area (Å²) in [5, 5.41) is 0.468. The number of para-hydroxylation sites is 1. The molecule has 5 aromatic rings. The molecule has 0 saturated heterocycles. The van der Waals surface area contributed by atoms with Gasteiger partial charge in [-0.1, -0.05) is 29.8 Å². The van der Waals surface area contributed by atoms with Crippen LogP contribution in [0.25, 0.3) is 33.5 Å². The van der Waals surface area contributed by atoms with Gasteiger partial charge in [0.2, 0.25) is 0 Å². The quantitative estimate of drug-likeness (QED) is 0.446. The summed E-state index contributed by atoms with van der Waals surface area (Å²) in [6.07, 6.45) is 1.51. The molecule has 0 aliphatic heterocycles. The number of nitrogens with one attached hydrogen (secondary N) is 1. The van der Waals surface area contributed by atoms with Crippen molar-refractivity contribution in [3.63, 3.8) is 0 Å². The number of imidazole rings is 1. The fourth-order valence-electron chi connectivity index (χ4n) is 3.40. The smallest absolute Gasteiger partial charge is 0.183 e. The predicted octanol–water partition coefficient (Wildman–Crippen LogP) is 4.49. The Kier molecular flexibility index (Phi) is 4.29. The van der Waals surface area contributed by atoms with E-state index in [1.54, 1.807) is 24.3 Å². The van der Waals surface area contributed by atoms with Crippen LogP contribution in [0, 0.1) is 5.82 Å². The van der Waals surface area contributed by atoms with E-state index in [1.165, 1.54) is 18.5 Å². The molecule has 148 valence electrons. The van der Waals surface area contributed by atoms with E-state index in [0.717, 1.165) is 0 Å². The number of H-pyrrole nitrogens is 1. The Labute approximate surface area is 175 Å². The Morgan fingerprint density at radius 2 is 1.90 bits per heavy atom. The molecule has 0 radical (unpaired) electrons. The van der Waals surface area contributed by atoms with Gasteiger partial charge in [0.25, 0.3) is 0 Å². The molecule has 7 nitrogen and oxygen atoms in total. The normalized spacial score (nSPS) is 12.5. The van der Waals surface area contributed by atoms with Crippen LogP contribution in [0.5, 0.6) is 0 Å². The lowest BCUT2D eigenvalue weighted by Crippen LogP contribution is -2.10. The van der Waals surface area contributed by atoms with Crippen LogP contribution in [0.1, 0.15) is 24.4 Å². The first-order valence-corrected chi connectivity index (χ1v) is 9.57. The van der Waals surface area contributed by atoms with Gasteiger partial charge in [-0.05, 0) is 31.2 Å². The monoisotopic (exact) mass is 419 g/mol. The van der Waals surface area contributed by atoms with Gasteiger partial charge in [0.1, 0.15) is 22.7 Å². The average Bonchev–Trinajstić information content (AvgIpc) is 3.22. The first-order chi connectivity index (χ1) is 14.5. The fraction of sp³-hybridized carbons (Fsp3) is 0.0952. The van der Waals surface area contributed by atoms with Gasteiger partial charge >= 0.3 is 0 Å². The molecule has 3 aromatic heterocycles. The van der Waals surface area contributed by atoms with E-state index in [0.29, 0.717) is 55.8 Å². The van der Waals surface area contributed by atoms with E-state index in [9.17, 15) is 4.39 Å². The van der Waals surface area contributed by atoms with Gasteiger partial charge in [0.15, 0.2) is 11.5 Å². The maximum atomic E-state index is 14.0. The standard InChI is InChI=1S/C21H15ClFN7/c1-10(20-29-19(24)18-21(30-20)26-9-25-18)15-16(11-4-2-5-12(23)8-11)28-17-13(22)6-3-7-14(17)27-15/h2-10H,1H3,(H3,24,25,26,29,30)/t10-/m1/s1. The fourth-order valence-corrected chi connectivity index (χ4v) is 3.61. The molecule has 5 rings (SSSR count). The second-order valence-corrected chi connectivity index (χ2v) is 7.27. The van der Waals surface area contributed by atoms with Crippen molar-refractivity contribution in [1.82, 2.24) is 29.9 Å². The molecular formula is C21H15ClFN7. The second-order valence-electron chi connectivity index (χ2n) is 6.87. The lowest BCUT2D eigenvalue weighted by Gasteiger charge is -2.16. The molecule has 30 heavy (non-hydrogen) atoms. The van der Waals surface area contributed by atoms with Gasteiger partial charge in [-0.3, -0.25) is 0 Å². The third-order valence-corrected chi connectivity index (χ3v) is 5.20. The van der Waals surface area contributed by atoms with Crippen LogP contribution in [0.15, 0.2) is 48.8 Å². The molecule has 0 saturated carbocycles. The number of rotatable bonds is 3. The number of hydrogen-bond acceptors (Lipinski definition) is 6. The molecule has 0 fully saturated rings. The molecule has 1 atom stereocenters. The van der Waals surface area contributed by atoms with Crippen LogP contribution in [0.2, 0.25) is 5.02 Å². The molecule has 2 aromatic carbocycles. The Morgan fingerprint density at radius 3 is 2.73 bits per heavy atom. The molecule has 0 aliphatic rings. The van der Waals surface area contributed by atoms with Gasteiger partial charge < -0.3 is 10.7 Å². The van der Waals surface area contributed by atoms with E-state index in [4.69, 9.17) is 27.3 Å². The van der Waals surface area contributed by atoms with E-state index >= 15 is 0 Å². The van der Waals surface area contributed by atoms with Crippen molar-refractivity contribution in [1.29, 1.82) is 0 Å². The van der Waals surface area contributed by atoms with Crippen LogP contribution >= 0.6 is 11.6 Å². The van der Waals surface area contributed by atoms with Crippen molar-refractivity contribution in [2.24, 2.45) is 0 Å². The number of anilines is 1. The van der Waals surface area contributed by atoms with Crippen molar-refractivity contribution in [2.45, 2.75) is 12.8 Å². The minimum atomic E-state index is -0.387. The van der Waals surface area contributed by atoms with Crippen molar-refractivity contribution < 1.29 is 4.39 Å². The lowest BCUT2D eigenvalue weighted by molar-refractivity contribution is 0.628. The Hall–Kier alpha value is -3.65. The van der Waals surface area contributed by atoms with Crippen LogP contribution in [0.3, 0.4) is 0 Å². The summed E-state index contributed by atoms with van der Waals surface area (Å²) in [6.45, 7) is 1.90. The lowest BCUT2D eigenvalue weighted by atomic mass is 9.99. The topological polar surface area (TPSA) is 106 Å². The zero-order chi connectivity index (χ0) is 20.8. The molecule has 3 N–H and O–H groups in total. The van der Waals surface area contributed by atoms with Crippen LogP contribution < -0.4 is 5.73 Å².